The van der Waals surface area contributed by atoms with Crippen molar-refractivity contribution < 1.29 is 9.53 Å². The lowest BCUT2D eigenvalue weighted by Crippen LogP contribution is -2.38. The number of ketones is 1. The summed E-state index contributed by atoms with van der Waals surface area (Å²) in [5.74, 6) is 0.848. The summed E-state index contributed by atoms with van der Waals surface area (Å²) in [7, 11) is 0. The van der Waals surface area contributed by atoms with Crippen molar-refractivity contribution in [1.29, 1.82) is 0 Å². The van der Waals surface area contributed by atoms with Gasteiger partial charge in [-0.2, -0.15) is 0 Å². The molecule has 1 heterocycles. The van der Waals surface area contributed by atoms with Crippen LogP contribution in [0.15, 0.2) is 24.3 Å². The van der Waals surface area contributed by atoms with Crippen molar-refractivity contribution in [2.45, 2.75) is 19.9 Å². The highest BCUT2D eigenvalue weighted by atomic mass is 16.5. The zero-order valence-corrected chi connectivity index (χ0v) is 9.69. The van der Waals surface area contributed by atoms with E-state index in [0.717, 1.165) is 0 Å². The molecule has 0 fully saturated rings. The molecule has 0 saturated carbocycles. The van der Waals surface area contributed by atoms with Crippen LogP contribution in [0.2, 0.25) is 0 Å². The van der Waals surface area contributed by atoms with E-state index < -0.39 is 0 Å². The first-order chi connectivity index (χ1) is 7.68. The summed E-state index contributed by atoms with van der Waals surface area (Å²) in [5, 5.41) is 3.28. The van der Waals surface area contributed by atoms with Crippen molar-refractivity contribution in [3.05, 3.63) is 29.8 Å². The Morgan fingerprint density at radius 2 is 2.19 bits per heavy atom. The first-order valence-corrected chi connectivity index (χ1v) is 5.68. The van der Waals surface area contributed by atoms with Crippen LogP contribution in [0.25, 0.3) is 0 Å². The predicted molar refractivity (Wildman–Crippen MR) is 62.9 cm³/mol. The molecule has 1 aliphatic rings. The fourth-order valence-corrected chi connectivity index (χ4v) is 1.81. The molecular weight excluding hydrogens is 202 g/mol. The van der Waals surface area contributed by atoms with Crippen LogP contribution in [0.3, 0.4) is 0 Å². The Hall–Kier alpha value is -1.35. The number of nitrogens with one attached hydrogen (secondary N) is 1. The third-order valence-electron chi connectivity index (χ3n) is 2.74. The van der Waals surface area contributed by atoms with Gasteiger partial charge >= 0.3 is 0 Å². The number of rotatable bonds is 3. The average molecular weight is 219 g/mol. The van der Waals surface area contributed by atoms with Gasteiger partial charge in [0.2, 0.25) is 0 Å². The lowest BCUT2D eigenvalue weighted by Gasteiger charge is -2.24. The Morgan fingerprint density at radius 3 is 2.94 bits per heavy atom. The van der Waals surface area contributed by atoms with Crippen LogP contribution in [-0.2, 0) is 0 Å². The van der Waals surface area contributed by atoms with Gasteiger partial charge in [0, 0.05) is 12.6 Å². The number of hydrogen-bond acceptors (Lipinski definition) is 3. The van der Waals surface area contributed by atoms with Crippen molar-refractivity contribution in [2.75, 3.05) is 13.2 Å². The number of fused-ring (bicyclic) bond motifs is 1. The molecule has 0 saturated heterocycles. The zero-order valence-electron chi connectivity index (χ0n) is 9.69. The van der Waals surface area contributed by atoms with E-state index in [0.29, 0.717) is 30.5 Å². The van der Waals surface area contributed by atoms with E-state index in [1.54, 1.807) is 0 Å². The summed E-state index contributed by atoms with van der Waals surface area (Å²) < 4.78 is 5.58. The molecule has 1 aliphatic heterocycles. The highest BCUT2D eigenvalue weighted by molar-refractivity contribution is 6.01. The standard InChI is InChI=1S/C13H17NO2/c1-9(2)14-7-10-8-16-12-6-4-3-5-11(12)13(10)15/h3-6,9-10,14H,7-8H2,1-2H3. The molecule has 1 aromatic rings. The lowest BCUT2D eigenvalue weighted by molar-refractivity contribution is 0.0828. The van der Waals surface area contributed by atoms with Gasteiger partial charge in [-0.3, -0.25) is 4.79 Å². The van der Waals surface area contributed by atoms with E-state index in [9.17, 15) is 4.79 Å². The van der Waals surface area contributed by atoms with Gasteiger partial charge in [0.15, 0.2) is 5.78 Å². The number of ether oxygens (including phenoxy) is 1. The number of Topliss-reactive ketones (excluding diaryl/α,β-unsaturated/α-hetero) is 1. The van der Waals surface area contributed by atoms with E-state index >= 15 is 0 Å². The summed E-state index contributed by atoms with van der Waals surface area (Å²) in [6.45, 7) is 5.31. The fourth-order valence-electron chi connectivity index (χ4n) is 1.81. The van der Waals surface area contributed by atoms with Crippen LogP contribution in [0, 0.1) is 5.92 Å². The first-order valence-electron chi connectivity index (χ1n) is 5.68. The van der Waals surface area contributed by atoms with Crippen LogP contribution >= 0.6 is 0 Å². The number of para-hydroxylation sites is 1. The van der Waals surface area contributed by atoms with Crippen molar-refractivity contribution in [3.63, 3.8) is 0 Å². The SMILES string of the molecule is CC(C)NCC1COc2ccccc2C1=O. The topological polar surface area (TPSA) is 38.3 Å². The summed E-state index contributed by atoms with van der Waals surface area (Å²) in [6, 6.07) is 7.83. The van der Waals surface area contributed by atoms with Crippen LogP contribution in [-0.4, -0.2) is 25.0 Å². The van der Waals surface area contributed by atoms with Gasteiger partial charge in [-0.15, -0.1) is 0 Å². The van der Waals surface area contributed by atoms with Gasteiger partial charge in [0.05, 0.1) is 18.1 Å². The number of carbonyl (C=O) groups is 1. The second kappa shape index (κ2) is 4.66. The Morgan fingerprint density at radius 1 is 1.44 bits per heavy atom. The van der Waals surface area contributed by atoms with Crippen LogP contribution < -0.4 is 10.1 Å². The quantitative estimate of drug-likeness (QED) is 0.843. The van der Waals surface area contributed by atoms with Crippen molar-refractivity contribution in [1.82, 2.24) is 5.32 Å². The molecule has 86 valence electrons. The second-order valence-corrected chi connectivity index (χ2v) is 4.43. The minimum atomic E-state index is -0.0581. The van der Waals surface area contributed by atoms with Crippen molar-refractivity contribution in [3.8, 4) is 5.75 Å². The molecule has 16 heavy (non-hydrogen) atoms. The van der Waals surface area contributed by atoms with E-state index in [-0.39, 0.29) is 11.7 Å². The second-order valence-electron chi connectivity index (χ2n) is 4.43. The Balaban J connectivity index is 2.09. The molecule has 0 radical (unpaired) electrons. The summed E-state index contributed by atoms with van der Waals surface area (Å²) in [6.07, 6.45) is 0. The van der Waals surface area contributed by atoms with Gasteiger partial charge in [-0.05, 0) is 12.1 Å². The molecule has 0 aromatic heterocycles. The Labute approximate surface area is 95.8 Å². The number of hydrogen-bond donors (Lipinski definition) is 1. The van der Waals surface area contributed by atoms with E-state index in [1.165, 1.54) is 0 Å². The summed E-state index contributed by atoms with van der Waals surface area (Å²) in [4.78, 5) is 12.1. The molecule has 3 nitrogen and oxygen atoms in total. The smallest absolute Gasteiger partial charge is 0.174 e. The third-order valence-corrected chi connectivity index (χ3v) is 2.74. The highest BCUT2D eigenvalue weighted by Gasteiger charge is 2.28. The Bertz CT molecular complexity index is 387. The maximum atomic E-state index is 12.1. The van der Waals surface area contributed by atoms with E-state index in [4.69, 9.17) is 4.74 Å². The number of carbonyl (C=O) groups excluding carboxylic acids is 1. The number of benzene rings is 1. The molecule has 1 atom stereocenters. The average Bonchev–Trinajstić information content (AvgIpc) is 2.28. The Kier molecular flexibility index (Phi) is 3.25. The molecule has 1 unspecified atom stereocenters. The molecule has 0 spiro atoms. The molecule has 1 N–H and O–H groups in total. The van der Waals surface area contributed by atoms with E-state index in [2.05, 4.69) is 19.2 Å². The van der Waals surface area contributed by atoms with Gasteiger partial charge in [0.1, 0.15) is 5.75 Å². The van der Waals surface area contributed by atoms with Gasteiger partial charge in [-0.1, -0.05) is 26.0 Å². The first kappa shape index (κ1) is 11.1. The van der Waals surface area contributed by atoms with Crippen molar-refractivity contribution in [2.24, 2.45) is 5.92 Å². The van der Waals surface area contributed by atoms with Crippen LogP contribution in [0.1, 0.15) is 24.2 Å². The third kappa shape index (κ3) is 2.25. The van der Waals surface area contributed by atoms with E-state index in [1.807, 2.05) is 24.3 Å². The minimum Gasteiger partial charge on any atom is -0.492 e. The lowest BCUT2D eigenvalue weighted by atomic mass is 9.95. The van der Waals surface area contributed by atoms with Gasteiger partial charge in [0.25, 0.3) is 0 Å². The largest absolute Gasteiger partial charge is 0.492 e. The maximum absolute atomic E-state index is 12.1. The van der Waals surface area contributed by atoms with Gasteiger partial charge < -0.3 is 10.1 Å². The molecule has 0 bridgehead atoms. The summed E-state index contributed by atoms with van der Waals surface area (Å²) >= 11 is 0. The van der Waals surface area contributed by atoms with Gasteiger partial charge in [-0.25, -0.2) is 0 Å². The minimum absolute atomic E-state index is 0.0581. The summed E-state index contributed by atoms with van der Waals surface area (Å²) in [5.41, 5.74) is 0.712. The highest BCUT2D eigenvalue weighted by Crippen LogP contribution is 2.26. The van der Waals surface area contributed by atoms with Crippen LogP contribution in [0.5, 0.6) is 5.75 Å². The fraction of sp³-hybridized carbons (Fsp3) is 0.462. The zero-order chi connectivity index (χ0) is 11.5. The van der Waals surface area contributed by atoms with Crippen LogP contribution in [0.4, 0.5) is 0 Å². The van der Waals surface area contributed by atoms with Crippen molar-refractivity contribution >= 4 is 5.78 Å². The molecule has 0 amide bonds. The molecule has 3 heteroatoms. The molecule has 0 aliphatic carbocycles. The molecule has 1 aromatic carbocycles. The molecule has 2 rings (SSSR count). The monoisotopic (exact) mass is 219 g/mol. The molecular formula is C13H17NO2. The predicted octanol–water partition coefficient (Wildman–Crippen LogP) is 1.88. The normalized spacial score (nSPS) is 19.4. The maximum Gasteiger partial charge on any atom is 0.174 e.